The van der Waals surface area contributed by atoms with Gasteiger partial charge in [-0.2, -0.15) is 0 Å². The molecule has 160 valence electrons. The van der Waals surface area contributed by atoms with E-state index in [4.69, 9.17) is 4.74 Å². The van der Waals surface area contributed by atoms with E-state index in [9.17, 15) is 14.4 Å². The molecule has 3 rings (SSSR count). The first-order valence-electron chi connectivity index (χ1n) is 10.4. The van der Waals surface area contributed by atoms with E-state index in [1.807, 2.05) is 49.4 Å². The zero-order valence-corrected chi connectivity index (χ0v) is 17.8. The van der Waals surface area contributed by atoms with Crippen molar-refractivity contribution in [3.63, 3.8) is 0 Å². The molecule has 31 heavy (non-hydrogen) atoms. The molecule has 0 aliphatic carbocycles. The van der Waals surface area contributed by atoms with Crippen molar-refractivity contribution < 1.29 is 19.1 Å². The van der Waals surface area contributed by atoms with Crippen molar-refractivity contribution in [1.29, 1.82) is 0 Å². The van der Waals surface area contributed by atoms with Crippen LogP contribution in [0.25, 0.3) is 10.8 Å². The molecule has 0 saturated heterocycles. The van der Waals surface area contributed by atoms with Gasteiger partial charge in [0.2, 0.25) is 5.91 Å². The van der Waals surface area contributed by atoms with Gasteiger partial charge in [-0.1, -0.05) is 36.4 Å². The second-order valence-corrected chi connectivity index (χ2v) is 6.98. The van der Waals surface area contributed by atoms with Crippen molar-refractivity contribution in [2.45, 2.75) is 26.7 Å². The van der Waals surface area contributed by atoms with E-state index in [0.29, 0.717) is 24.4 Å². The SMILES string of the molecule is CCOC(=O)CCC(=O)Nc1ccc(C(=O)N(CC)c2cccc3ccccc23)cc1. The molecule has 3 aromatic rings. The fraction of sp³-hybridized carbons (Fsp3) is 0.240. The van der Waals surface area contributed by atoms with E-state index in [1.54, 1.807) is 36.1 Å². The Morgan fingerprint density at radius 1 is 0.871 bits per heavy atom. The second-order valence-electron chi connectivity index (χ2n) is 6.98. The Kier molecular flexibility index (Phi) is 7.38. The lowest BCUT2D eigenvalue weighted by Gasteiger charge is -2.23. The first-order chi connectivity index (χ1) is 15.0. The number of benzene rings is 3. The van der Waals surface area contributed by atoms with Crippen molar-refractivity contribution >= 4 is 39.9 Å². The molecule has 6 heteroatoms. The van der Waals surface area contributed by atoms with Gasteiger partial charge in [-0.3, -0.25) is 14.4 Å². The minimum Gasteiger partial charge on any atom is -0.466 e. The summed E-state index contributed by atoms with van der Waals surface area (Å²) in [5.41, 5.74) is 1.96. The van der Waals surface area contributed by atoms with Gasteiger partial charge in [0.05, 0.1) is 18.7 Å². The topological polar surface area (TPSA) is 75.7 Å². The molecular weight excluding hydrogens is 392 g/mol. The summed E-state index contributed by atoms with van der Waals surface area (Å²) < 4.78 is 4.82. The summed E-state index contributed by atoms with van der Waals surface area (Å²) in [6, 6.07) is 20.6. The third-order valence-electron chi connectivity index (χ3n) is 4.90. The number of fused-ring (bicyclic) bond motifs is 1. The van der Waals surface area contributed by atoms with Gasteiger partial charge in [-0.25, -0.2) is 0 Å². The number of nitrogens with zero attached hydrogens (tertiary/aromatic N) is 1. The molecule has 3 aromatic carbocycles. The van der Waals surface area contributed by atoms with Crippen LogP contribution in [0.4, 0.5) is 11.4 Å². The van der Waals surface area contributed by atoms with Crippen molar-refractivity contribution in [2.75, 3.05) is 23.4 Å². The molecular formula is C25H26N2O4. The maximum absolute atomic E-state index is 13.2. The van der Waals surface area contributed by atoms with Gasteiger partial charge in [0.15, 0.2) is 0 Å². The fourth-order valence-electron chi connectivity index (χ4n) is 3.39. The molecule has 0 aliphatic rings. The Morgan fingerprint density at radius 3 is 2.29 bits per heavy atom. The normalized spacial score (nSPS) is 10.5. The lowest BCUT2D eigenvalue weighted by Crippen LogP contribution is -2.30. The fourth-order valence-corrected chi connectivity index (χ4v) is 3.39. The highest BCUT2D eigenvalue weighted by molar-refractivity contribution is 6.11. The van der Waals surface area contributed by atoms with Gasteiger partial charge in [0.1, 0.15) is 0 Å². The molecule has 0 bridgehead atoms. The zero-order valence-electron chi connectivity index (χ0n) is 17.8. The molecule has 0 unspecified atom stereocenters. The Hall–Kier alpha value is -3.67. The molecule has 1 N–H and O–H groups in total. The standard InChI is InChI=1S/C25H26N2O4/c1-3-27(22-11-7-9-18-8-5-6-10-21(18)22)25(30)19-12-14-20(15-13-19)26-23(28)16-17-24(29)31-4-2/h5-15H,3-4,16-17H2,1-2H3,(H,26,28). The number of anilines is 2. The van der Waals surface area contributed by atoms with Crippen molar-refractivity contribution in [1.82, 2.24) is 0 Å². The summed E-state index contributed by atoms with van der Waals surface area (Å²) in [5.74, 6) is -0.788. The summed E-state index contributed by atoms with van der Waals surface area (Å²) >= 11 is 0. The molecule has 0 radical (unpaired) electrons. The number of hydrogen-bond acceptors (Lipinski definition) is 4. The van der Waals surface area contributed by atoms with Gasteiger partial charge in [0.25, 0.3) is 5.91 Å². The summed E-state index contributed by atoms with van der Waals surface area (Å²) in [7, 11) is 0. The third-order valence-corrected chi connectivity index (χ3v) is 4.90. The van der Waals surface area contributed by atoms with Crippen LogP contribution < -0.4 is 10.2 Å². The zero-order chi connectivity index (χ0) is 22.2. The van der Waals surface area contributed by atoms with E-state index in [-0.39, 0.29) is 24.7 Å². The van der Waals surface area contributed by atoms with Crippen LogP contribution >= 0.6 is 0 Å². The minimum absolute atomic E-state index is 0.0345. The predicted molar refractivity (Wildman–Crippen MR) is 122 cm³/mol. The Morgan fingerprint density at radius 2 is 1.58 bits per heavy atom. The largest absolute Gasteiger partial charge is 0.466 e. The number of rotatable bonds is 8. The number of esters is 1. The van der Waals surface area contributed by atoms with Gasteiger partial charge in [-0.15, -0.1) is 0 Å². The Labute approximate surface area is 181 Å². The Bertz CT molecular complexity index is 1070. The smallest absolute Gasteiger partial charge is 0.306 e. The van der Waals surface area contributed by atoms with Crippen LogP contribution in [0.2, 0.25) is 0 Å². The average molecular weight is 418 g/mol. The molecule has 0 aromatic heterocycles. The van der Waals surface area contributed by atoms with Crippen LogP contribution in [-0.4, -0.2) is 30.9 Å². The van der Waals surface area contributed by atoms with Crippen LogP contribution in [0, 0.1) is 0 Å². The van der Waals surface area contributed by atoms with E-state index in [0.717, 1.165) is 16.5 Å². The summed E-state index contributed by atoms with van der Waals surface area (Å²) in [6.45, 7) is 4.49. The lowest BCUT2D eigenvalue weighted by molar-refractivity contribution is -0.144. The van der Waals surface area contributed by atoms with E-state index >= 15 is 0 Å². The quantitative estimate of drug-likeness (QED) is 0.534. The number of nitrogens with one attached hydrogen (secondary N) is 1. The van der Waals surface area contributed by atoms with Crippen LogP contribution in [0.5, 0.6) is 0 Å². The van der Waals surface area contributed by atoms with Crippen molar-refractivity contribution in [3.8, 4) is 0 Å². The van der Waals surface area contributed by atoms with Crippen LogP contribution in [0.15, 0.2) is 66.7 Å². The van der Waals surface area contributed by atoms with Crippen LogP contribution in [0.1, 0.15) is 37.0 Å². The van der Waals surface area contributed by atoms with Gasteiger partial charge >= 0.3 is 5.97 Å². The molecule has 0 spiro atoms. The predicted octanol–water partition coefficient (Wildman–Crippen LogP) is 4.79. The number of ether oxygens (including phenoxy) is 1. The minimum atomic E-state index is -0.397. The Balaban J connectivity index is 1.70. The second kappa shape index (κ2) is 10.4. The van der Waals surface area contributed by atoms with E-state index in [2.05, 4.69) is 5.32 Å². The highest BCUT2D eigenvalue weighted by Gasteiger charge is 2.18. The number of amides is 2. The maximum Gasteiger partial charge on any atom is 0.306 e. The monoisotopic (exact) mass is 418 g/mol. The molecule has 0 aliphatic heterocycles. The van der Waals surface area contributed by atoms with Crippen LogP contribution in [0.3, 0.4) is 0 Å². The van der Waals surface area contributed by atoms with Crippen LogP contribution in [-0.2, 0) is 14.3 Å². The highest BCUT2D eigenvalue weighted by Crippen LogP contribution is 2.28. The summed E-state index contributed by atoms with van der Waals surface area (Å²) in [6.07, 6.45) is 0.0803. The molecule has 6 nitrogen and oxygen atoms in total. The van der Waals surface area contributed by atoms with Gasteiger partial charge < -0.3 is 15.0 Å². The first kappa shape index (κ1) is 22.0. The summed E-state index contributed by atoms with van der Waals surface area (Å²) in [5, 5.41) is 4.83. The van der Waals surface area contributed by atoms with Crippen molar-refractivity contribution in [3.05, 3.63) is 72.3 Å². The van der Waals surface area contributed by atoms with Crippen molar-refractivity contribution in [2.24, 2.45) is 0 Å². The number of carbonyl (C=O) groups excluding carboxylic acids is 3. The molecule has 0 fully saturated rings. The number of hydrogen-bond donors (Lipinski definition) is 1. The lowest BCUT2D eigenvalue weighted by atomic mass is 10.1. The third kappa shape index (κ3) is 5.48. The molecule has 0 saturated carbocycles. The van der Waals surface area contributed by atoms with E-state index < -0.39 is 5.97 Å². The number of carbonyl (C=O) groups is 3. The maximum atomic E-state index is 13.2. The molecule has 0 atom stereocenters. The van der Waals surface area contributed by atoms with E-state index in [1.165, 1.54) is 0 Å². The molecule has 2 amide bonds. The average Bonchev–Trinajstić information content (AvgIpc) is 2.79. The highest BCUT2D eigenvalue weighted by atomic mass is 16.5. The van der Waals surface area contributed by atoms with Gasteiger partial charge in [-0.05, 0) is 49.6 Å². The van der Waals surface area contributed by atoms with Gasteiger partial charge in [0, 0.05) is 29.6 Å². The first-order valence-corrected chi connectivity index (χ1v) is 10.4. The summed E-state index contributed by atoms with van der Waals surface area (Å²) in [4.78, 5) is 38.3. The molecule has 0 heterocycles.